The number of hydrogen-bond donors (Lipinski definition) is 0. The number of nitro groups is 1. The van der Waals surface area contributed by atoms with Gasteiger partial charge in [-0.2, -0.15) is 4.39 Å². The maximum absolute atomic E-state index is 13.7. The molecule has 5 nitrogen and oxygen atoms in total. The Balaban J connectivity index is 2.28. The summed E-state index contributed by atoms with van der Waals surface area (Å²) in [6.07, 6.45) is 3.29. The molecule has 0 bridgehead atoms. The molecule has 0 atom stereocenters. The van der Waals surface area contributed by atoms with Crippen LogP contribution in [0.2, 0.25) is 0 Å². The molecule has 2 rings (SSSR count). The number of hydrogen-bond acceptors (Lipinski definition) is 4. The van der Waals surface area contributed by atoms with Gasteiger partial charge >= 0.3 is 5.69 Å². The highest BCUT2D eigenvalue weighted by atomic mass is 19.1. The minimum absolute atomic E-state index is 0.0366. The van der Waals surface area contributed by atoms with Gasteiger partial charge in [-0.15, -0.1) is 0 Å². The van der Waals surface area contributed by atoms with Gasteiger partial charge in [0.05, 0.1) is 4.92 Å². The van der Waals surface area contributed by atoms with E-state index in [1.54, 1.807) is 18.0 Å². The van der Waals surface area contributed by atoms with Crippen LogP contribution in [0.25, 0.3) is 0 Å². The third-order valence-corrected chi connectivity index (χ3v) is 4.32. The molecule has 0 aromatic heterocycles. The van der Waals surface area contributed by atoms with Crippen LogP contribution >= 0.6 is 0 Å². The first-order valence-electron chi connectivity index (χ1n) is 6.69. The van der Waals surface area contributed by atoms with Crippen LogP contribution in [0.3, 0.4) is 0 Å². The van der Waals surface area contributed by atoms with Crippen molar-refractivity contribution in [3.63, 3.8) is 0 Å². The van der Waals surface area contributed by atoms with Gasteiger partial charge in [-0.3, -0.25) is 10.1 Å². The first-order valence-corrected chi connectivity index (χ1v) is 6.69. The summed E-state index contributed by atoms with van der Waals surface area (Å²) in [7, 11) is 5.82. The molecular formula is C14H20FN3O2. The Morgan fingerprint density at radius 3 is 2.45 bits per heavy atom. The van der Waals surface area contributed by atoms with Gasteiger partial charge < -0.3 is 9.80 Å². The minimum atomic E-state index is -0.785. The van der Waals surface area contributed by atoms with Crippen LogP contribution in [0.4, 0.5) is 15.8 Å². The minimum Gasteiger partial charge on any atom is -0.367 e. The number of benzene rings is 1. The molecule has 1 aromatic carbocycles. The molecule has 1 aliphatic carbocycles. The van der Waals surface area contributed by atoms with Crippen LogP contribution in [0.5, 0.6) is 0 Å². The Morgan fingerprint density at radius 1 is 1.35 bits per heavy atom. The van der Waals surface area contributed by atoms with Gasteiger partial charge in [0.15, 0.2) is 0 Å². The van der Waals surface area contributed by atoms with Crippen molar-refractivity contribution in [2.24, 2.45) is 0 Å². The zero-order valence-corrected chi connectivity index (χ0v) is 12.1. The van der Waals surface area contributed by atoms with E-state index in [-0.39, 0.29) is 5.54 Å². The van der Waals surface area contributed by atoms with E-state index in [9.17, 15) is 14.5 Å². The number of halogens is 1. The Labute approximate surface area is 118 Å². The zero-order valence-electron chi connectivity index (χ0n) is 12.1. The number of para-hydroxylation sites is 1. The van der Waals surface area contributed by atoms with Crippen LogP contribution in [0, 0.1) is 15.9 Å². The van der Waals surface area contributed by atoms with E-state index >= 15 is 0 Å². The van der Waals surface area contributed by atoms with E-state index < -0.39 is 16.4 Å². The van der Waals surface area contributed by atoms with Crippen molar-refractivity contribution in [2.75, 3.05) is 32.6 Å². The standard InChI is InChI=1S/C14H20FN3O2/c1-16(2)14(8-5-9-14)10-17(3)12-7-4-6-11(15)13(12)18(19)20/h4,6-7H,5,8-10H2,1-3H3. The lowest BCUT2D eigenvalue weighted by Crippen LogP contribution is -2.56. The van der Waals surface area contributed by atoms with Crippen molar-refractivity contribution >= 4 is 11.4 Å². The predicted molar refractivity (Wildman–Crippen MR) is 76.6 cm³/mol. The Morgan fingerprint density at radius 2 is 2.00 bits per heavy atom. The molecule has 110 valence electrons. The molecule has 6 heteroatoms. The quantitative estimate of drug-likeness (QED) is 0.615. The van der Waals surface area contributed by atoms with Gasteiger partial charge in [-0.25, -0.2) is 0 Å². The van der Waals surface area contributed by atoms with Gasteiger partial charge in [0.2, 0.25) is 5.82 Å². The Hall–Kier alpha value is -1.69. The first kappa shape index (κ1) is 14.7. The lowest BCUT2D eigenvalue weighted by Gasteiger charge is -2.49. The molecule has 0 spiro atoms. The van der Waals surface area contributed by atoms with Gasteiger partial charge in [0.1, 0.15) is 5.69 Å². The third kappa shape index (κ3) is 2.47. The van der Waals surface area contributed by atoms with E-state index in [2.05, 4.69) is 4.90 Å². The highest BCUT2D eigenvalue weighted by Gasteiger charge is 2.40. The fraction of sp³-hybridized carbons (Fsp3) is 0.571. The van der Waals surface area contributed by atoms with Crippen LogP contribution in [0.15, 0.2) is 18.2 Å². The largest absolute Gasteiger partial charge is 0.367 e. The molecule has 0 saturated heterocycles. The maximum atomic E-state index is 13.7. The van der Waals surface area contributed by atoms with Crippen molar-refractivity contribution in [1.29, 1.82) is 0 Å². The summed E-state index contributed by atoms with van der Waals surface area (Å²) in [5.41, 5.74) is -0.0686. The highest BCUT2D eigenvalue weighted by Crippen LogP contribution is 2.39. The topological polar surface area (TPSA) is 49.6 Å². The number of nitro benzene ring substituents is 1. The molecule has 1 aromatic rings. The molecule has 0 unspecified atom stereocenters. The molecule has 1 fully saturated rings. The maximum Gasteiger partial charge on any atom is 0.327 e. The third-order valence-electron chi connectivity index (χ3n) is 4.32. The second-order valence-corrected chi connectivity index (χ2v) is 5.69. The summed E-state index contributed by atoms with van der Waals surface area (Å²) in [5.74, 6) is -0.785. The fourth-order valence-corrected chi connectivity index (χ4v) is 2.85. The molecule has 1 aliphatic rings. The zero-order chi connectivity index (χ0) is 14.9. The summed E-state index contributed by atoms with van der Waals surface area (Å²) in [4.78, 5) is 14.4. The van der Waals surface area contributed by atoms with Gasteiger partial charge in [0.25, 0.3) is 0 Å². The number of rotatable bonds is 5. The molecule has 0 N–H and O–H groups in total. The average molecular weight is 281 g/mol. The molecule has 1 saturated carbocycles. The summed E-state index contributed by atoms with van der Waals surface area (Å²) >= 11 is 0. The van der Waals surface area contributed by atoms with Crippen molar-refractivity contribution < 1.29 is 9.31 Å². The van der Waals surface area contributed by atoms with Crippen molar-refractivity contribution in [2.45, 2.75) is 24.8 Å². The summed E-state index contributed by atoms with van der Waals surface area (Å²) in [6.45, 7) is 0.657. The van der Waals surface area contributed by atoms with Crippen LogP contribution in [-0.4, -0.2) is 43.0 Å². The van der Waals surface area contributed by atoms with E-state index in [0.717, 1.165) is 25.3 Å². The van der Waals surface area contributed by atoms with Crippen LogP contribution in [-0.2, 0) is 0 Å². The SMILES string of the molecule is CN(CC1(N(C)C)CCC1)c1cccc(F)c1[N+](=O)[O-]. The molecule has 0 aliphatic heterocycles. The predicted octanol–water partition coefficient (Wildman–Crippen LogP) is 2.65. The fourth-order valence-electron chi connectivity index (χ4n) is 2.85. The van der Waals surface area contributed by atoms with E-state index in [4.69, 9.17) is 0 Å². The average Bonchev–Trinajstić information content (AvgIpc) is 2.32. The smallest absolute Gasteiger partial charge is 0.327 e. The van der Waals surface area contributed by atoms with Crippen molar-refractivity contribution in [3.8, 4) is 0 Å². The molecule has 20 heavy (non-hydrogen) atoms. The molecular weight excluding hydrogens is 261 g/mol. The van der Waals surface area contributed by atoms with Crippen molar-refractivity contribution in [3.05, 3.63) is 34.1 Å². The second-order valence-electron chi connectivity index (χ2n) is 5.69. The molecule has 0 radical (unpaired) electrons. The van der Waals surface area contributed by atoms with Crippen LogP contribution < -0.4 is 4.90 Å². The summed E-state index contributed by atoms with van der Waals surface area (Å²) in [5, 5.41) is 11.1. The van der Waals surface area contributed by atoms with E-state index in [0.29, 0.717) is 12.2 Å². The lowest BCUT2D eigenvalue weighted by molar-refractivity contribution is -0.386. The normalized spacial score (nSPS) is 16.9. The number of anilines is 1. The molecule has 0 heterocycles. The van der Waals surface area contributed by atoms with Crippen LogP contribution in [0.1, 0.15) is 19.3 Å². The highest BCUT2D eigenvalue weighted by molar-refractivity contribution is 5.63. The van der Waals surface area contributed by atoms with Gasteiger partial charge in [-0.05, 0) is 45.5 Å². The Bertz CT molecular complexity index is 515. The van der Waals surface area contributed by atoms with Gasteiger partial charge in [0, 0.05) is 19.1 Å². The first-order chi connectivity index (χ1) is 9.37. The number of likely N-dealkylation sites (N-methyl/N-ethyl adjacent to an activating group) is 2. The summed E-state index contributed by atoms with van der Waals surface area (Å²) in [6, 6.07) is 4.24. The monoisotopic (exact) mass is 281 g/mol. The van der Waals surface area contributed by atoms with Gasteiger partial charge in [-0.1, -0.05) is 6.07 Å². The van der Waals surface area contributed by atoms with Crippen molar-refractivity contribution in [1.82, 2.24) is 4.90 Å². The molecule has 0 amide bonds. The lowest BCUT2D eigenvalue weighted by atomic mass is 9.75. The second kappa shape index (κ2) is 5.36. The van der Waals surface area contributed by atoms with E-state index in [1.165, 1.54) is 6.07 Å². The Kier molecular flexibility index (Phi) is 3.94. The number of nitrogens with zero attached hydrogens (tertiary/aromatic N) is 3. The van der Waals surface area contributed by atoms with E-state index in [1.807, 2.05) is 14.1 Å². The summed E-state index contributed by atoms with van der Waals surface area (Å²) < 4.78 is 13.7.